The van der Waals surface area contributed by atoms with Gasteiger partial charge < -0.3 is 4.57 Å². The maximum absolute atomic E-state index is 12.6. The highest BCUT2D eigenvalue weighted by molar-refractivity contribution is 7.91. The average molecular weight is 361 g/mol. The van der Waals surface area contributed by atoms with Crippen LogP contribution in [0.4, 0.5) is 0 Å². The lowest BCUT2D eigenvalue weighted by Gasteiger charge is -2.30. The number of thiophene rings is 1. The normalized spacial score (nSPS) is 17.5. The van der Waals surface area contributed by atoms with Crippen LogP contribution in [0.15, 0.2) is 52.2 Å². The van der Waals surface area contributed by atoms with Crippen LogP contribution in [0.2, 0.25) is 0 Å². The Morgan fingerprint density at radius 3 is 2.54 bits per heavy atom. The lowest BCUT2D eigenvalue weighted by Crippen LogP contribution is -2.37. The molecule has 1 fully saturated rings. The molecule has 0 amide bonds. The maximum atomic E-state index is 12.6. The maximum Gasteiger partial charge on any atom is 0.252 e. The van der Waals surface area contributed by atoms with Crippen molar-refractivity contribution in [2.24, 2.45) is 7.05 Å². The molecule has 3 heterocycles. The number of aryl methyl sites for hydroxylation is 1. The van der Waals surface area contributed by atoms with Gasteiger partial charge in [0.05, 0.1) is 0 Å². The fourth-order valence-electron chi connectivity index (χ4n) is 3.64. The summed E-state index contributed by atoms with van der Waals surface area (Å²) in [6, 6.07) is 11.9. The van der Waals surface area contributed by atoms with Gasteiger partial charge in [-0.1, -0.05) is 24.3 Å². The molecule has 1 aliphatic heterocycles. The summed E-state index contributed by atoms with van der Waals surface area (Å²) in [5.74, 6) is 0.422. The first-order valence-electron chi connectivity index (χ1n) is 8.15. The summed E-state index contributed by atoms with van der Waals surface area (Å²) in [6.45, 7) is 1.18. The minimum atomic E-state index is -3.31. The first-order chi connectivity index (χ1) is 11.6. The van der Waals surface area contributed by atoms with Crippen molar-refractivity contribution < 1.29 is 8.42 Å². The van der Waals surface area contributed by atoms with Crippen LogP contribution in [0, 0.1) is 0 Å². The number of benzene rings is 1. The molecule has 1 aromatic carbocycles. The van der Waals surface area contributed by atoms with E-state index in [-0.39, 0.29) is 0 Å². The van der Waals surface area contributed by atoms with Gasteiger partial charge >= 0.3 is 0 Å². The zero-order valence-electron chi connectivity index (χ0n) is 13.6. The zero-order chi connectivity index (χ0) is 16.7. The van der Waals surface area contributed by atoms with E-state index in [1.807, 2.05) is 5.38 Å². The Kier molecular flexibility index (Phi) is 3.98. The lowest BCUT2D eigenvalue weighted by atomic mass is 9.90. The monoisotopic (exact) mass is 360 g/mol. The molecule has 126 valence electrons. The Hall–Kier alpha value is -1.63. The van der Waals surface area contributed by atoms with Crippen molar-refractivity contribution in [1.29, 1.82) is 0 Å². The van der Waals surface area contributed by atoms with E-state index in [1.54, 1.807) is 16.4 Å². The van der Waals surface area contributed by atoms with Crippen LogP contribution < -0.4 is 0 Å². The molecule has 4 rings (SSSR count). The van der Waals surface area contributed by atoms with E-state index in [4.69, 9.17) is 0 Å². The van der Waals surface area contributed by atoms with Gasteiger partial charge in [0.25, 0.3) is 10.0 Å². The van der Waals surface area contributed by atoms with Gasteiger partial charge in [-0.3, -0.25) is 0 Å². The van der Waals surface area contributed by atoms with Crippen LogP contribution in [0.3, 0.4) is 0 Å². The quantitative estimate of drug-likeness (QED) is 0.713. The van der Waals surface area contributed by atoms with Crippen molar-refractivity contribution >= 4 is 32.3 Å². The summed E-state index contributed by atoms with van der Waals surface area (Å²) in [5, 5.41) is 3.11. The molecule has 0 bridgehead atoms. The third-order valence-corrected chi connectivity index (χ3v) is 8.18. The van der Waals surface area contributed by atoms with Gasteiger partial charge in [0.2, 0.25) is 0 Å². The Labute approximate surface area is 146 Å². The topological polar surface area (TPSA) is 42.3 Å². The second kappa shape index (κ2) is 6.02. The van der Waals surface area contributed by atoms with E-state index < -0.39 is 10.0 Å². The summed E-state index contributed by atoms with van der Waals surface area (Å²) in [6.07, 6.45) is 3.95. The largest absolute Gasteiger partial charge is 0.350 e. The highest BCUT2D eigenvalue weighted by Crippen LogP contribution is 2.35. The Bertz CT molecular complexity index is 950. The molecule has 0 aliphatic carbocycles. The first-order valence-corrected chi connectivity index (χ1v) is 10.5. The van der Waals surface area contributed by atoms with Crippen molar-refractivity contribution in [3.05, 3.63) is 53.5 Å². The second-order valence-electron chi connectivity index (χ2n) is 6.32. The predicted molar refractivity (Wildman–Crippen MR) is 98.0 cm³/mol. The van der Waals surface area contributed by atoms with Crippen molar-refractivity contribution in [3.8, 4) is 0 Å². The molecular formula is C18H20N2O2S2. The van der Waals surface area contributed by atoms with Crippen LogP contribution in [-0.2, 0) is 17.1 Å². The molecule has 1 saturated heterocycles. The molecule has 0 radical (unpaired) electrons. The summed E-state index contributed by atoms with van der Waals surface area (Å²) < 4.78 is 29.5. The number of hydrogen-bond acceptors (Lipinski definition) is 3. The minimum Gasteiger partial charge on any atom is -0.350 e. The van der Waals surface area contributed by atoms with Crippen molar-refractivity contribution in [1.82, 2.24) is 8.87 Å². The van der Waals surface area contributed by atoms with Crippen LogP contribution >= 0.6 is 11.3 Å². The van der Waals surface area contributed by atoms with Crippen LogP contribution in [-0.4, -0.2) is 30.4 Å². The van der Waals surface area contributed by atoms with Gasteiger partial charge in [-0.2, -0.15) is 4.31 Å². The number of para-hydroxylation sites is 1. The highest BCUT2D eigenvalue weighted by atomic mass is 32.2. The smallest absolute Gasteiger partial charge is 0.252 e. The van der Waals surface area contributed by atoms with Crippen LogP contribution in [0.5, 0.6) is 0 Å². The number of aromatic nitrogens is 1. The molecular weight excluding hydrogens is 340 g/mol. The predicted octanol–water partition coefficient (Wildman–Crippen LogP) is 3.81. The molecule has 0 unspecified atom stereocenters. The van der Waals surface area contributed by atoms with Crippen molar-refractivity contribution in [3.63, 3.8) is 0 Å². The standard InChI is InChI=1S/C18H20N2O2S2/c1-19-13-16(15-5-2-3-6-17(15)19)14-8-10-20(11-9-14)24(21,22)18-7-4-12-23-18/h2-7,12-14H,8-11H2,1H3. The van der Waals surface area contributed by atoms with Gasteiger partial charge in [0.15, 0.2) is 0 Å². The number of sulfonamides is 1. The van der Waals surface area contributed by atoms with Crippen molar-refractivity contribution in [2.75, 3.05) is 13.1 Å². The SMILES string of the molecule is Cn1cc(C2CCN(S(=O)(=O)c3cccs3)CC2)c2ccccc21. The first kappa shape index (κ1) is 15.9. The van der Waals surface area contributed by atoms with Gasteiger partial charge in [-0.25, -0.2) is 8.42 Å². The fourth-order valence-corrected chi connectivity index (χ4v) is 6.26. The Morgan fingerprint density at radius 2 is 1.83 bits per heavy atom. The third kappa shape index (κ3) is 2.59. The van der Waals surface area contributed by atoms with E-state index in [9.17, 15) is 8.42 Å². The summed E-state index contributed by atoms with van der Waals surface area (Å²) in [4.78, 5) is 0. The molecule has 6 heteroatoms. The molecule has 4 nitrogen and oxygen atoms in total. The Morgan fingerprint density at radius 1 is 1.08 bits per heavy atom. The molecule has 0 N–H and O–H groups in total. The van der Waals surface area contributed by atoms with E-state index >= 15 is 0 Å². The number of hydrogen-bond donors (Lipinski definition) is 0. The lowest BCUT2D eigenvalue weighted by molar-refractivity contribution is 0.321. The van der Waals surface area contributed by atoms with Crippen LogP contribution in [0.1, 0.15) is 24.3 Å². The summed E-state index contributed by atoms with van der Waals surface area (Å²) in [5.41, 5.74) is 2.59. The van der Waals surface area contributed by atoms with E-state index in [2.05, 4.69) is 42.1 Å². The number of nitrogens with zero attached hydrogens (tertiary/aromatic N) is 2. The van der Waals surface area contributed by atoms with Gasteiger partial charge in [-0.15, -0.1) is 11.3 Å². The zero-order valence-corrected chi connectivity index (χ0v) is 15.2. The third-order valence-electron chi connectivity index (χ3n) is 4.91. The molecule has 3 aromatic rings. The summed E-state index contributed by atoms with van der Waals surface area (Å²) in [7, 11) is -1.24. The number of piperidine rings is 1. The molecule has 0 saturated carbocycles. The van der Waals surface area contributed by atoms with E-state index in [0.29, 0.717) is 23.2 Å². The van der Waals surface area contributed by atoms with E-state index in [0.717, 1.165) is 12.8 Å². The van der Waals surface area contributed by atoms with Gasteiger partial charge in [-0.05, 0) is 41.8 Å². The van der Waals surface area contributed by atoms with E-state index in [1.165, 1.54) is 27.8 Å². The number of fused-ring (bicyclic) bond motifs is 1. The fraction of sp³-hybridized carbons (Fsp3) is 0.333. The van der Waals surface area contributed by atoms with Crippen LogP contribution in [0.25, 0.3) is 10.9 Å². The average Bonchev–Trinajstić information content (AvgIpc) is 3.25. The van der Waals surface area contributed by atoms with Gasteiger partial charge in [0.1, 0.15) is 4.21 Å². The van der Waals surface area contributed by atoms with Gasteiger partial charge in [0, 0.05) is 37.2 Å². The molecule has 0 atom stereocenters. The number of rotatable bonds is 3. The minimum absolute atomic E-state index is 0.422. The molecule has 1 aliphatic rings. The highest BCUT2D eigenvalue weighted by Gasteiger charge is 2.31. The molecule has 2 aromatic heterocycles. The summed E-state index contributed by atoms with van der Waals surface area (Å²) >= 11 is 1.29. The second-order valence-corrected chi connectivity index (χ2v) is 9.44. The molecule has 0 spiro atoms. The Balaban J connectivity index is 1.56. The molecule has 24 heavy (non-hydrogen) atoms. The van der Waals surface area contributed by atoms with Crippen molar-refractivity contribution in [2.45, 2.75) is 23.0 Å².